The van der Waals surface area contributed by atoms with E-state index >= 15 is 0 Å². The monoisotopic (exact) mass is 328 g/mol. The summed E-state index contributed by atoms with van der Waals surface area (Å²) in [5.41, 5.74) is 7.18. The molecule has 0 atom stereocenters. The van der Waals surface area contributed by atoms with E-state index in [1.165, 1.54) is 10.9 Å². The highest BCUT2D eigenvalue weighted by Gasteiger charge is 2.33. The minimum Gasteiger partial charge on any atom is -0.349 e. The fourth-order valence-corrected chi connectivity index (χ4v) is 3.51. The molecule has 0 spiro atoms. The Morgan fingerprint density at radius 2 is 2.12 bits per heavy atom. The maximum Gasteiger partial charge on any atom is 0.261 e. The number of benzene rings is 1. The maximum absolute atomic E-state index is 12.5. The van der Waals surface area contributed by atoms with Crippen molar-refractivity contribution < 1.29 is 4.79 Å². The summed E-state index contributed by atoms with van der Waals surface area (Å²) in [6.07, 6.45) is 5.85. The van der Waals surface area contributed by atoms with E-state index in [9.17, 15) is 9.59 Å². The zero-order valence-corrected chi connectivity index (χ0v) is 14.0. The van der Waals surface area contributed by atoms with Crippen LogP contribution in [0, 0.1) is 6.92 Å². The van der Waals surface area contributed by atoms with Crippen LogP contribution in [0.4, 0.5) is 0 Å². The summed E-state index contributed by atoms with van der Waals surface area (Å²) < 4.78 is 1.51. The number of nitrogens with zero attached hydrogens (tertiary/aromatic N) is 2. The number of nitrogens with one attached hydrogen (secondary N) is 1. The molecule has 0 saturated heterocycles. The number of amides is 1. The number of hydrogen-bond donors (Lipinski definition) is 2. The van der Waals surface area contributed by atoms with Crippen molar-refractivity contribution >= 4 is 16.8 Å². The highest BCUT2D eigenvalue weighted by atomic mass is 16.2. The second-order valence-electron chi connectivity index (χ2n) is 6.70. The van der Waals surface area contributed by atoms with Crippen molar-refractivity contribution in [2.75, 3.05) is 6.54 Å². The van der Waals surface area contributed by atoms with Gasteiger partial charge in [0.15, 0.2) is 0 Å². The molecule has 6 heteroatoms. The Morgan fingerprint density at radius 1 is 1.38 bits per heavy atom. The van der Waals surface area contributed by atoms with Crippen LogP contribution in [-0.2, 0) is 11.3 Å². The lowest BCUT2D eigenvalue weighted by molar-refractivity contribution is -0.123. The Bertz CT molecular complexity index is 806. The summed E-state index contributed by atoms with van der Waals surface area (Å²) >= 11 is 0. The molecule has 1 fully saturated rings. The van der Waals surface area contributed by atoms with Crippen molar-refractivity contribution in [2.24, 2.45) is 5.73 Å². The number of rotatable bonds is 5. The Labute approximate surface area is 141 Å². The van der Waals surface area contributed by atoms with Gasteiger partial charge in [0, 0.05) is 19.5 Å². The van der Waals surface area contributed by atoms with Crippen molar-refractivity contribution in [1.82, 2.24) is 14.9 Å². The molecular formula is C18H24N4O2. The van der Waals surface area contributed by atoms with Gasteiger partial charge >= 0.3 is 0 Å². The van der Waals surface area contributed by atoms with Crippen LogP contribution in [0.15, 0.2) is 29.3 Å². The first kappa shape index (κ1) is 16.6. The van der Waals surface area contributed by atoms with Gasteiger partial charge in [-0.15, -0.1) is 0 Å². The Balaban J connectivity index is 1.71. The first-order valence-electron chi connectivity index (χ1n) is 8.50. The average molecular weight is 328 g/mol. The molecule has 0 radical (unpaired) electrons. The van der Waals surface area contributed by atoms with Gasteiger partial charge in [-0.2, -0.15) is 0 Å². The van der Waals surface area contributed by atoms with E-state index in [-0.39, 0.29) is 23.4 Å². The first-order valence-corrected chi connectivity index (χ1v) is 8.50. The van der Waals surface area contributed by atoms with Gasteiger partial charge in [0.05, 0.1) is 22.8 Å². The van der Waals surface area contributed by atoms with Crippen molar-refractivity contribution in [2.45, 2.75) is 51.1 Å². The van der Waals surface area contributed by atoms with Gasteiger partial charge in [-0.1, -0.05) is 25.0 Å². The van der Waals surface area contributed by atoms with Crippen molar-refractivity contribution in [3.63, 3.8) is 0 Å². The largest absolute Gasteiger partial charge is 0.349 e. The minimum atomic E-state index is -0.249. The van der Waals surface area contributed by atoms with E-state index in [1.807, 2.05) is 19.1 Å². The number of aryl methyl sites for hydroxylation is 2. The van der Waals surface area contributed by atoms with Crippen LogP contribution in [0.5, 0.6) is 0 Å². The number of aromatic nitrogens is 2. The normalized spacial score (nSPS) is 16.4. The van der Waals surface area contributed by atoms with Crippen LogP contribution < -0.4 is 16.6 Å². The standard InChI is InChI=1S/C18H24N4O2/c1-13-5-4-6-14-16(13)20-12-22(17(14)24)10-7-15(23)21-18(11-19)8-2-3-9-18/h4-6,12H,2-3,7-11,19H2,1H3,(H,21,23). The molecule has 1 aromatic heterocycles. The third-order valence-corrected chi connectivity index (χ3v) is 4.99. The van der Waals surface area contributed by atoms with Gasteiger partial charge in [-0.3, -0.25) is 14.2 Å². The predicted molar refractivity (Wildman–Crippen MR) is 93.8 cm³/mol. The number of hydrogen-bond acceptors (Lipinski definition) is 4. The van der Waals surface area contributed by atoms with Gasteiger partial charge in [-0.25, -0.2) is 4.98 Å². The van der Waals surface area contributed by atoms with Crippen molar-refractivity contribution in [1.29, 1.82) is 0 Å². The topological polar surface area (TPSA) is 90.0 Å². The van der Waals surface area contributed by atoms with Crippen LogP contribution in [-0.4, -0.2) is 27.5 Å². The summed E-state index contributed by atoms with van der Waals surface area (Å²) in [5.74, 6) is -0.0569. The Morgan fingerprint density at radius 3 is 2.83 bits per heavy atom. The summed E-state index contributed by atoms with van der Waals surface area (Å²) in [4.78, 5) is 29.2. The molecule has 24 heavy (non-hydrogen) atoms. The highest BCUT2D eigenvalue weighted by molar-refractivity contribution is 5.80. The second-order valence-corrected chi connectivity index (χ2v) is 6.70. The third kappa shape index (κ3) is 3.19. The number of nitrogens with two attached hydrogens (primary N) is 1. The van der Waals surface area contributed by atoms with E-state index < -0.39 is 0 Å². The predicted octanol–water partition coefficient (Wildman–Crippen LogP) is 1.48. The van der Waals surface area contributed by atoms with Gasteiger partial charge < -0.3 is 11.1 Å². The zero-order chi connectivity index (χ0) is 17.2. The lowest BCUT2D eigenvalue weighted by atomic mass is 9.97. The Hall–Kier alpha value is -2.21. The number of fused-ring (bicyclic) bond motifs is 1. The summed E-state index contributed by atoms with van der Waals surface area (Å²) in [5, 5.41) is 3.67. The number of carbonyl (C=O) groups is 1. The molecule has 1 heterocycles. The average Bonchev–Trinajstić information content (AvgIpc) is 3.04. The van der Waals surface area contributed by atoms with Crippen LogP contribution >= 0.6 is 0 Å². The molecule has 0 aliphatic heterocycles. The van der Waals surface area contributed by atoms with Gasteiger partial charge in [0.25, 0.3) is 5.56 Å². The lowest BCUT2D eigenvalue weighted by Gasteiger charge is -2.28. The van der Waals surface area contributed by atoms with E-state index in [1.54, 1.807) is 6.07 Å². The molecule has 3 N–H and O–H groups in total. The summed E-state index contributed by atoms with van der Waals surface area (Å²) in [7, 11) is 0. The molecule has 0 unspecified atom stereocenters. The van der Waals surface area contributed by atoms with E-state index in [4.69, 9.17) is 5.73 Å². The molecule has 1 aromatic carbocycles. The summed E-state index contributed by atoms with van der Waals surface area (Å²) in [6.45, 7) is 2.72. The third-order valence-electron chi connectivity index (χ3n) is 4.99. The minimum absolute atomic E-state index is 0.0569. The van der Waals surface area contributed by atoms with Crippen molar-refractivity contribution in [3.8, 4) is 0 Å². The fourth-order valence-electron chi connectivity index (χ4n) is 3.51. The van der Waals surface area contributed by atoms with Gasteiger partial charge in [0.2, 0.25) is 5.91 Å². The van der Waals surface area contributed by atoms with Crippen LogP contribution in [0.3, 0.4) is 0 Å². The molecular weight excluding hydrogens is 304 g/mol. The van der Waals surface area contributed by atoms with Gasteiger partial charge in [0.1, 0.15) is 0 Å². The molecule has 0 bridgehead atoms. The van der Waals surface area contributed by atoms with E-state index in [0.717, 1.165) is 36.8 Å². The highest BCUT2D eigenvalue weighted by Crippen LogP contribution is 2.28. The molecule has 128 valence electrons. The Kier molecular flexibility index (Phi) is 4.66. The molecule has 1 amide bonds. The summed E-state index contributed by atoms with van der Waals surface area (Å²) in [6, 6.07) is 5.56. The molecule has 1 aliphatic rings. The van der Waals surface area contributed by atoms with Gasteiger partial charge in [-0.05, 0) is 31.4 Å². The van der Waals surface area contributed by atoms with Crippen LogP contribution in [0.1, 0.15) is 37.7 Å². The van der Waals surface area contributed by atoms with E-state index in [0.29, 0.717) is 18.5 Å². The number of para-hydroxylation sites is 1. The number of carbonyl (C=O) groups excluding carboxylic acids is 1. The van der Waals surface area contributed by atoms with E-state index in [2.05, 4.69) is 10.3 Å². The maximum atomic E-state index is 12.5. The first-order chi connectivity index (χ1) is 11.5. The molecule has 1 aliphatic carbocycles. The molecule has 6 nitrogen and oxygen atoms in total. The van der Waals surface area contributed by atoms with Crippen LogP contribution in [0.25, 0.3) is 10.9 Å². The zero-order valence-electron chi connectivity index (χ0n) is 14.0. The quantitative estimate of drug-likeness (QED) is 0.870. The fraction of sp³-hybridized carbons (Fsp3) is 0.500. The SMILES string of the molecule is Cc1cccc2c(=O)n(CCC(=O)NC3(CN)CCCC3)cnc12. The lowest BCUT2D eigenvalue weighted by Crippen LogP contribution is -2.51. The molecule has 1 saturated carbocycles. The second kappa shape index (κ2) is 6.73. The molecule has 3 rings (SSSR count). The van der Waals surface area contributed by atoms with Crippen molar-refractivity contribution in [3.05, 3.63) is 40.4 Å². The van der Waals surface area contributed by atoms with Crippen LogP contribution in [0.2, 0.25) is 0 Å². The molecule has 2 aromatic rings. The smallest absolute Gasteiger partial charge is 0.261 e.